The van der Waals surface area contributed by atoms with Gasteiger partial charge in [0.05, 0.1) is 24.2 Å². The molecule has 8 heteroatoms. The molecular formula is C17H18N4O3S. The SMILES string of the molecule is COc1cccc(S(=O)(=O)NCCn2ccc(-c3ccccn3)n2)c1. The van der Waals surface area contributed by atoms with Gasteiger partial charge in [-0.2, -0.15) is 5.10 Å². The van der Waals surface area contributed by atoms with E-state index in [0.29, 0.717) is 12.3 Å². The number of nitrogens with one attached hydrogen (secondary N) is 1. The number of nitrogens with zero attached hydrogens (tertiary/aromatic N) is 3. The second-order valence-electron chi connectivity index (χ2n) is 5.26. The molecule has 0 spiro atoms. The highest BCUT2D eigenvalue weighted by atomic mass is 32.2. The maximum atomic E-state index is 12.3. The lowest BCUT2D eigenvalue weighted by Crippen LogP contribution is -2.27. The van der Waals surface area contributed by atoms with Gasteiger partial charge in [0, 0.05) is 25.0 Å². The second-order valence-corrected chi connectivity index (χ2v) is 7.02. The molecule has 0 aliphatic rings. The molecular weight excluding hydrogens is 340 g/mol. The van der Waals surface area contributed by atoms with Crippen LogP contribution in [0.2, 0.25) is 0 Å². The standard InChI is InChI=1S/C17H18N4O3S/c1-24-14-5-4-6-15(13-14)25(22,23)19-10-12-21-11-8-17(20-21)16-7-2-3-9-18-16/h2-9,11,13,19H,10,12H2,1H3. The molecule has 3 aromatic rings. The van der Waals surface area contributed by atoms with Crippen LogP contribution < -0.4 is 9.46 Å². The van der Waals surface area contributed by atoms with E-state index in [4.69, 9.17) is 4.74 Å². The van der Waals surface area contributed by atoms with Crippen LogP contribution in [0.5, 0.6) is 5.75 Å². The molecule has 0 unspecified atom stereocenters. The van der Waals surface area contributed by atoms with E-state index in [0.717, 1.165) is 11.4 Å². The number of pyridine rings is 1. The Hall–Kier alpha value is -2.71. The van der Waals surface area contributed by atoms with E-state index < -0.39 is 10.0 Å². The van der Waals surface area contributed by atoms with E-state index in [1.54, 1.807) is 29.2 Å². The summed E-state index contributed by atoms with van der Waals surface area (Å²) in [6, 6.07) is 13.8. The topological polar surface area (TPSA) is 86.1 Å². The summed E-state index contributed by atoms with van der Waals surface area (Å²) in [4.78, 5) is 4.41. The van der Waals surface area contributed by atoms with Crippen molar-refractivity contribution in [3.8, 4) is 17.1 Å². The van der Waals surface area contributed by atoms with Crippen LogP contribution in [-0.4, -0.2) is 36.8 Å². The van der Waals surface area contributed by atoms with Gasteiger partial charge in [-0.25, -0.2) is 13.1 Å². The molecule has 130 valence electrons. The van der Waals surface area contributed by atoms with Crippen molar-refractivity contribution in [1.82, 2.24) is 19.5 Å². The van der Waals surface area contributed by atoms with Gasteiger partial charge in [0.15, 0.2) is 0 Å². The minimum atomic E-state index is -3.59. The summed E-state index contributed by atoms with van der Waals surface area (Å²) in [6.07, 6.45) is 3.50. The molecule has 0 saturated heterocycles. The van der Waals surface area contributed by atoms with Gasteiger partial charge >= 0.3 is 0 Å². The normalized spacial score (nSPS) is 11.4. The van der Waals surface area contributed by atoms with Gasteiger partial charge in [-0.05, 0) is 30.3 Å². The number of rotatable bonds is 7. The number of methoxy groups -OCH3 is 1. The molecule has 2 heterocycles. The van der Waals surface area contributed by atoms with Crippen LogP contribution in [0.3, 0.4) is 0 Å². The molecule has 0 aliphatic heterocycles. The Morgan fingerprint density at radius 1 is 1.12 bits per heavy atom. The zero-order chi connectivity index (χ0) is 17.7. The van der Waals surface area contributed by atoms with Crippen LogP contribution in [-0.2, 0) is 16.6 Å². The van der Waals surface area contributed by atoms with Crippen molar-refractivity contribution in [3.05, 3.63) is 60.9 Å². The lowest BCUT2D eigenvalue weighted by molar-refractivity contribution is 0.413. The fourth-order valence-electron chi connectivity index (χ4n) is 2.28. The van der Waals surface area contributed by atoms with Crippen LogP contribution >= 0.6 is 0 Å². The lowest BCUT2D eigenvalue weighted by Gasteiger charge is -2.08. The van der Waals surface area contributed by atoms with Crippen LogP contribution in [0.4, 0.5) is 0 Å². The van der Waals surface area contributed by atoms with Crippen molar-refractivity contribution >= 4 is 10.0 Å². The van der Waals surface area contributed by atoms with E-state index in [1.165, 1.54) is 19.2 Å². The second kappa shape index (κ2) is 7.45. The van der Waals surface area contributed by atoms with Gasteiger partial charge < -0.3 is 4.74 Å². The number of ether oxygens (including phenoxy) is 1. The Bertz CT molecular complexity index is 939. The number of sulfonamides is 1. The first kappa shape index (κ1) is 17.1. The number of hydrogen-bond donors (Lipinski definition) is 1. The zero-order valence-corrected chi connectivity index (χ0v) is 14.5. The monoisotopic (exact) mass is 358 g/mol. The van der Waals surface area contributed by atoms with E-state index in [2.05, 4.69) is 14.8 Å². The molecule has 0 atom stereocenters. The number of hydrogen-bond acceptors (Lipinski definition) is 5. The summed E-state index contributed by atoms with van der Waals surface area (Å²) in [7, 11) is -2.10. The molecule has 1 aromatic carbocycles. The summed E-state index contributed by atoms with van der Waals surface area (Å²) in [5, 5.41) is 4.40. The highest BCUT2D eigenvalue weighted by molar-refractivity contribution is 7.89. The molecule has 0 saturated carbocycles. The summed E-state index contributed by atoms with van der Waals surface area (Å²) in [5.74, 6) is 0.495. The molecule has 0 amide bonds. The molecule has 3 rings (SSSR count). The molecule has 0 bridgehead atoms. The number of aromatic nitrogens is 3. The lowest BCUT2D eigenvalue weighted by atomic mass is 10.3. The summed E-state index contributed by atoms with van der Waals surface area (Å²) >= 11 is 0. The van der Waals surface area contributed by atoms with Gasteiger partial charge in [-0.15, -0.1) is 0 Å². The Kier molecular flexibility index (Phi) is 5.11. The van der Waals surface area contributed by atoms with E-state index in [-0.39, 0.29) is 11.4 Å². The van der Waals surface area contributed by atoms with E-state index in [9.17, 15) is 8.42 Å². The maximum absolute atomic E-state index is 12.3. The number of benzene rings is 1. The van der Waals surface area contributed by atoms with Gasteiger partial charge in [0.2, 0.25) is 10.0 Å². The van der Waals surface area contributed by atoms with Crippen molar-refractivity contribution in [1.29, 1.82) is 0 Å². The first-order valence-corrected chi connectivity index (χ1v) is 9.15. The molecule has 25 heavy (non-hydrogen) atoms. The smallest absolute Gasteiger partial charge is 0.240 e. The van der Waals surface area contributed by atoms with E-state index in [1.807, 2.05) is 24.3 Å². The van der Waals surface area contributed by atoms with Crippen LogP contribution in [0.1, 0.15) is 0 Å². The minimum absolute atomic E-state index is 0.168. The highest BCUT2D eigenvalue weighted by Crippen LogP contribution is 2.17. The summed E-state index contributed by atoms with van der Waals surface area (Å²) in [5.41, 5.74) is 1.52. The molecule has 1 N–H and O–H groups in total. The first-order chi connectivity index (χ1) is 12.1. The van der Waals surface area contributed by atoms with Gasteiger partial charge in [0.1, 0.15) is 11.4 Å². The molecule has 0 fully saturated rings. The highest BCUT2D eigenvalue weighted by Gasteiger charge is 2.14. The summed E-state index contributed by atoms with van der Waals surface area (Å²) < 4.78 is 33.9. The quantitative estimate of drug-likeness (QED) is 0.697. The molecule has 0 aliphatic carbocycles. The predicted molar refractivity (Wildman–Crippen MR) is 93.6 cm³/mol. The summed E-state index contributed by atoms with van der Waals surface area (Å²) in [6.45, 7) is 0.638. The van der Waals surface area contributed by atoms with Crippen molar-refractivity contribution in [3.63, 3.8) is 0 Å². The Morgan fingerprint density at radius 3 is 2.76 bits per heavy atom. The van der Waals surface area contributed by atoms with Crippen LogP contribution in [0.25, 0.3) is 11.4 Å². The maximum Gasteiger partial charge on any atom is 0.240 e. The van der Waals surface area contributed by atoms with Crippen molar-refractivity contribution in [2.24, 2.45) is 0 Å². The van der Waals surface area contributed by atoms with Gasteiger partial charge in [0.25, 0.3) is 0 Å². The Labute approximate surface area is 146 Å². The average Bonchev–Trinajstić information content (AvgIpc) is 3.11. The predicted octanol–water partition coefficient (Wildman–Crippen LogP) is 1.93. The van der Waals surface area contributed by atoms with E-state index >= 15 is 0 Å². The minimum Gasteiger partial charge on any atom is -0.497 e. The Balaban J connectivity index is 1.62. The Morgan fingerprint density at radius 2 is 2.00 bits per heavy atom. The fourth-order valence-corrected chi connectivity index (χ4v) is 3.34. The van der Waals surface area contributed by atoms with Crippen molar-refractivity contribution in [2.75, 3.05) is 13.7 Å². The fraction of sp³-hybridized carbons (Fsp3) is 0.176. The van der Waals surface area contributed by atoms with Gasteiger partial charge in [-0.1, -0.05) is 12.1 Å². The largest absolute Gasteiger partial charge is 0.497 e. The van der Waals surface area contributed by atoms with Crippen LogP contribution in [0.15, 0.2) is 65.8 Å². The third-order valence-corrected chi connectivity index (χ3v) is 5.01. The zero-order valence-electron chi connectivity index (χ0n) is 13.7. The third kappa shape index (κ3) is 4.23. The molecule has 0 radical (unpaired) electrons. The first-order valence-electron chi connectivity index (χ1n) is 7.67. The average molecular weight is 358 g/mol. The van der Waals surface area contributed by atoms with Gasteiger partial charge in [-0.3, -0.25) is 9.67 Å². The third-order valence-electron chi connectivity index (χ3n) is 3.55. The molecule has 2 aromatic heterocycles. The molecule has 7 nitrogen and oxygen atoms in total. The van der Waals surface area contributed by atoms with Crippen molar-refractivity contribution in [2.45, 2.75) is 11.4 Å². The van der Waals surface area contributed by atoms with Crippen molar-refractivity contribution < 1.29 is 13.2 Å². The van der Waals surface area contributed by atoms with Crippen LogP contribution in [0, 0.1) is 0 Å².